The Morgan fingerprint density at radius 2 is 2.18 bits per heavy atom. The summed E-state index contributed by atoms with van der Waals surface area (Å²) < 4.78 is 5.32. The molecule has 1 aromatic heterocycles. The van der Waals surface area contributed by atoms with Crippen LogP contribution < -0.4 is 5.73 Å². The van der Waals surface area contributed by atoms with E-state index < -0.39 is 0 Å². The average molecular weight is 236 g/mol. The van der Waals surface area contributed by atoms with Crippen LogP contribution in [0.2, 0.25) is 0 Å². The lowest BCUT2D eigenvalue weighted by molar-refractivity contribution is 0.128. The molecule has 2 aliphatic rings. The van der Waals surface area contributed by atoms with Gasteiger partial charge in [0, 0.05) is 18.5 Å². The lowest BCUT2D eigenvalue weighted by Crippen LogP contribution is -2.43. The Morgan fingerprint density at radius 1 is 1.29 bits per heavy atom. The van der Waals surface area contributed by atoms with Gasteiger partial charge < -0.3 is 10.3 Å². The number of aromatic nitrogens is 2. The number of nitrogens with two attached hydrogens (primary N) is 1. The van der Waals surface area contributed by atoms with Gasteiger partial charge in [-0.2, -0.15) is 4.98 Å². The van der Waals surface area contributed by atoms with E-state index in [1.54, 1.807) is 0 Å². The molecular weight excluding hydrogens is 216 g/mol. The van der Waals surface area contributed by atoms with Crippen LogP contribution in [0.4, 0.5) is 0 Å². The van der Waals surface area contributed by atoms with Gasteiger partial charge in [0.15, 0.2) is 5.82 Å². The molecule has 1 atom stereocenters. The molecule has 0 radical (unpaired) electrons. The standard InChI is InChI=1S/C12H20N4O/c13-7-10-3-1-2-6-16(10)8-11-14-12(15-17-11)9-4-5-9/h9-10H,1-8,13H2. The summed E-state index contributed by atoms with van der Waals surface area (Å²) >= 11 is 0. The van der Waals surface area contributed by atoms with Gasteiger partial charge in [0.25, 0.3) is 0 Å². The minimum atomic E-state index is 0.486. The molecule has 1 aromatic rings. The third-order valence-electron chi connectivity index (χ3n) is 3.79. The van der Waals surface area contributed by atoms with E-state index in [9.17, 15) is 0 Å². The summed E-state index contributed by atoms with van der Waals surface area (Å²) in [6, 6.07) is 0.486. The zero-order valence-corrected chi connectivity index (χ0v) is 10.1. The van der Waals surface area contributed by atoms with Crippen molar-refractivity contribution in [1.29, 1.82) is 0 Å². The SMILES string of the molecule is NCC1CCCCN1Cc1nc(C2CC2)no1. The number of piperidine rings is 1. The Balaban J connectivity index is 1.63. The number of hydrogen-bond donors (Lipinski definition) is 1. The van der Waals surface area contributed by atoms with Crippen molar-refractivity contribution in [2.24, 2.45) is 5.73 Å². The van der Waals surface area contributed by atoms with Gasteiger partial charge in [-0.15, -0.1) is 0 Å². The summed E-state index contributed by atoms with van der Waals surface area (Å²) in [4.78, 5) is 6.86. The fourth-order valence-electron chi connectivity index (χ4n) is 2.55. The van der Waals surface area contributed by atoms with Crippen LogP contribution >= 0.6 is 0 Å². The van der Waals surface area contributed by atoms with E-state index in [1.807, 2.05) is 0 Å². The first-order valence-corrected chi connectivity index (χ1v) is 6.63. The van der Waals surface area contributed by atoms with Gasteiger partial charge in [-0.3, -0.25) is 4.90 Å². The second-order valence-corrected chi connectivity index (χ2v) is 5.18. The lowest BCUT2D eigenvalue weighted by Gasteiger charge is -2.33. The van der Waals surface area contributed by atoms with Crippen molar-refractivity contribution in [3.63, 3.8) is 0 Å². The molecule has 0 aromatic carbocycles. The minimum Gasteiger partial charge on any atom is -0.338 e. The predicted octanol–water partition coefficient (Wildman–Crippen LogP) is 1.26. The summed E-state index contributed by atoms with van der Waals surface area (Å²) in [7, 11) is 0. The Kier molecular flexibility index (Phi) is 3.11. The van der Waals surface area contributed by atoms with Gasteiger partial charge in [-0.05, 0) is 32.2 Å². The van der Waals surface area contributed by atoms with Crippen LogP contribution in [0.25, 0.3) is 0 Å². The van der Waals surface area contributed by atoms with Crippen LogP contribution in [-0.4, -0.2) is 34.2 Å². The highest BCUT2D eigenvalue weighted by Gasteiger charge is 2.29. The molecule has 1 aliphatic heterocycles. The van der Waals surface area contributed by atoms with Crippen molar-refractivity contribution in [3.05, 3.63) is 11.7 Å². The van der Waals surface area contributed by atoms with Crippen LogP contribution in [0.1, 0.15) is 49.7 Å². The van der Waals surface area contributed by atoms with E-state index in [0.29, 0.717) is 12.0 Å². The van der Waals surface area contributed by atoms with E-state index in [2.05, 4.69) is 15.0 Å². The normalized spacial score (nSPS) is 26.3. The highest BCUT2D eigenvalue weighted by molar-refractivity contribution is 5.03. The Bertz CT molecular complexity index is 374. The summed E-state index contributed by atoms with van der Waals surface area (Å²) in [5.74, 6) is 2.23. The van der Waals surface area contributed by atoms with Gasteiger partial charge >= 0.3 is 0 Å². The maximum atomic E-state index is 5.80. The first kappa shape index (κ1) is 11.2. The second kappa shape index (κ2) is 4.74. The van der Waals surface area contributed by atoms with Crippen molar-refractivity contribution in [1.82, 2.24) is 15.0 Å². The molecular formula is C12H20N4O. The average Bonchev–Trinajstić information content (AvgIpc) is 3.11. The van der Waals surface area contributed by atoms with E-state index >= 15 is 0 Å². The van der Waals surface area contributed by atoms with E-state index in [0.717, 1.165) is 31.3 Å². The maximum Gasteiger partial charge on any atom is 0.240 e. The molecule has 0 spiro atoms. The molecule has 5 nitrogen and oxygen atoms in total. The Labute approximate surface area is 101 Å². The summed E-state index contributed by atoms with van der Waals surface area (Å²) in [6.07, 6.45) is 6.16. The number of nitrogens with zero attached hydrogens (tertiary/aromatic N) is 3. The zero-order chi connectivity index (χ0) is 11.7. The fourth-order valence-corrected chi connectivity index (χ4v) is 2.55. The predicted molar refractivity (Wildman–Crippen MR) is 63.4 cm³/mol. The maximum absolute atomic E-state index is 5.80. The van der Waals surface area contributed by atoms with Gasteiger partial charge in [0.2, 0.25) is 5.89 Å². The van der Waals surface area contributed by atoms with Crippen LogP contribution in [0, 0.1) is 0 Å². The van der Waals surface area contributed by atoms with Gasteiger partial charge in [0.1, 0.15) is 0 Å². The molecule has 2 fully saturated rings. The van der Waals surface area contributed by atoms with Crippen molar-refractivity contribution in [3.8, 4) is 0 Å². The largest absolute Gasteiger partial charge is 0.338 e. The molecule has 1 unspecified atom stereocenters. The summed E-state index contributed by atoms with van der Waals surface area (Å²) in [5.41, 5.74) is 5.80. The van der Waals surface area contributed by atoms with Crippen molar-refractivity contribution in [2.45, 2.75) is 50.6 Å². The quantitative estimate of drug-likeness (QED) is 0.852. The minimum absolute atomic E-state index is 0.486. The zero-order valence-electron chi connectivity index (χ0n) is 10.1. The third-order valence-corrected chi connectivity index (χ3v) is 3.79. The molecule has 17 heavy (non-hydrogen) atoms. The first-order chi connectivity index (χ1) is 8.36. The van der Waals surface area contributed by atoms with Gasteiger partial charge in [-0.25, -0.2) is 0 Å². The molecule has 3 rings (SSSR count). The fraction of sp³-hybridized carbons (Fsp3) is 0.833. The van der Waals surface area contributed by atoms with Crippen molar-refractivity contribution < 1.29 is 4.52 Å². The molecule has 0 bridgehead atoms. The van der Waals surface area contributed by atoms with Crippen LogP contribution in [0.15, 0.2) is 4.52 Å². The number of likely N-dealkylation sites (tertiary alicyclic amines) is 1. The molecule has 94 valence electrons. The smallest absolute Gasteiger partial charge is 0.240 e. The number of hydrogen-bond acceptors (Lipinski definition) is 5. The second-order valence-electron chi connectivity index (χ2n) is 5.18. The topological polar surface area (TPSA) is 68.2 Å². The monoisotopic (exact) mass is 236 g/mol. The highest BCUT2D eigenvalue weighted by Crippen LogP contribution is 2.38. The molecule has 5 heteroatoms. The molecule has 1 saturated heterocycles. The Hall–Kier alpha value is -0.940. The highest BCUT2D eigenvalue weighted by atomic mass is 16.5. The molecule has 1 saturated carbocycles. The molecule has 2 N–H and O–H groups in total. The van der Waals surface area contributed by atoms with E-state index in [-0.39, 0.29) is 0 Å². The third kappa shape index (κ3) is 2.50. The van der Waals surface area contributed by atoms with Gasteiger partial charge in [0.05, 0.1) is 6.54 Å². The van der Waals surface area contributed by atoms with Crippen molar-refractivity contribution >= 4 is 0 Å². The van der Waals surface area contributed by atoms with E-state index in [4.69, 9.17) is 10.3 Å². The first-order valence-electron chi connectivity index (χ1n) is 6.63. The van der Waals surface area contributed by atoms with Crippen LogP contribution in [-0.2, 0) is 6.54 Å². The van der Waals surface area contributed by atoms with E-state index in [1.165, 1.54) is 32.1 Å². The molecule has 1 aliphatic carbocycles. The summed E-state index contributed by atoms with van der Waals surface area (Å²) in [6.45, 7) is 2.59. The number of rotatable bonds is 4. The molecule has 2 heterocycles. The Morgan fingerprint density at radius 3 is 2.94 bits per heavy atom. The lowest BCUT2D eigenvalue weighted by atomic mass is 10.0. The summed E-state index contributed by atoms with van der Waals surface area (Å²) in [5, 5.41) is 4.05. The van der Waals surface area contributed by atoms with Crippen LogP contribution in [0.5, 0.6) is 0 Å². The molecule has 0 amide bonds. The van der Waals surface area contributed by atoms with Crippen molar-refractivity contribution in [2.75, 3.05) is 13.1 Å². The van der Waals surface area contributed by atoms with Gasteiger partial charge in [-0.1, -0.05) is 11.6 Å². The van der Waals surface area contributed by atoms with Crippen LogP contribution in [0.3, 0.4) is 0 Å².